The number of benzene rings is 1. The maximum Gasteiger partial charge on any atom is 0.205 e. The van der Waals surface area contributed by atoms with Crippen molar-refractivity contribution in [2.24, 2.45) is 0 Å². The first-order chi connectivity index (χ1) is 8.83. The number of nitrogens with one attached hydrogen (secondary N) is 1. The van der Waals surface area contributed by atoms with E-state index in [0.717, 1.165) is 36.9 Å². The maximum absolute atomic E-state index is 13.1. The summed E-state index contributed by atoms with van der Waals surface area (Å²) in [6.45, 7) is 3.82. The van der Waals surface area contributed by atoms with Gasteiger partial charge >= 0.3 is 0 Å². The van der Waals surface area contributed by atoms with E-state index in [1.54, 1.807) is 6.07 Å². The van der Waals surface area contributed by atoms with Gasteiger partial charge in [-0.25, -0.2) is 4.39 Å². The van der Waals surface area contributed by atoms with Crippen LogP contribution in [0.5, 0.6) is 0 Å². The van der Waals surface area contributed by atoms with Gasteiger partial charge in [0, 0.05) is 43.3 Å². The van der Waals surface area contributed by atoms with Crippen molar-refractivity contribution in [2.45, 2.75) is 0 Å². The Balaban J connectivity index is 0.000001000. The zero-order valence-electron chi connectivity index (χ0n) is 10.6. The highest BCUT2D eigenvalue weighted by Crippen LogP contribution is 2.24. The molecule has 4 nitrogen and oxygen atoms in total. The fourth-order valence-corrected chi connectivity index (χ4v) is 2.68. The Hall–Kier alpha value is -0.950. The predicted molar refractivity (Wildman–Crippen MR) is 84.9 cm³/mol. The third-order valence-electron chi connectivity index (χ3n) is 2.89. The van der Waals surface area contributed by atoms with Crippen molar-refractivity contribution in [1.29, 1.82) is 0 Å². The second-order valence-electron chi connectivity index (χ2n) is 4.15. The minimum atomic E-state index is -0.258. The van der Waals surface area contributed by atoms with Crippen LogP contribution in [0.1, 0.15) is 0 Å². The number of hydrogen-bond donors (Lipinski definition) is 1. The number of piperazine rings is 1. The lowest BCUT2D eigenvalue weighted by Gasteiger charge is -2.26. The van der Waals surface area contributed by atoms with Gasteiger partial charge in [-0.05, 0) is 12.1 Å². The van der Waals surface area contributed by atoms with Crippen molar-refractivity contribution >= 4 is 41.5 Å². The Kier molecular flexibility index (Phi) is 6.61. The SMILES string of the molecule is Cl.Cl.Fc1cccc(-c2nsc(N3CCNCC3)n2)c1. The molecule has 3 rings (SSSR count). The molecule has 1 aliphatic heterocycles. The summed E-state index contributed by atoms with van der Waals surface area (Å²) in [6, 6.07) is 6.39. The second-order valence-corrected chi connectivity index (χ2v) is 4.88. The molecule has 1 aromatic heterocycles. The molecule has 0 bridgehead atoms. The molecule has 8 heteroatoms. The first-order valence-electron chi connectivity index (χ1n) is 5.88. The summed E-state index contributed by atoms with van der Waals surface area (Å²) in [5, 5.41) is 4.21. The monoisotopic (exact) mass is 336 g/mol. The molecule has 2 heterocycles. The van der Waals surface area contributed by atoms with Gasteiger partial charge in [0.1, 0.15) is 5.82 Å². The first kappa shape index (κ1) is 17.1. The maximum atomic E-state index is 13.1. The molecule has 1 aromatic carbocycles. The van der Waals surface area contributed by atoms with Crippen LogP contribution in [-0.2, 0) is 0 Å². The number of halogens is 3. The molecule has 0 aliphatic carbocycles. The summed E-state index contributed by atoms with van der Waals surface area (Å²) in [5.74, 6) is 0.346. The molecule has 0 unspecified atom stereocenters. The average molecular weight is 337 g/mol. The van der Waals surface area contributed by atoms with Crippen molar-refractivity contribution in [3.8, 4) is 11.4 Å². The summed E-state index contributed by atoms with van der Waals surface area (Å²) < 4.78 is 17.4. The molecule has 20 heavy (non-hydrogen) atoms. The molecule has 1 saturated heterocycles. The average Bonchev–Trinajstić information content (AvgIpc) is 2.89. The van der Waals surface area contributed by atoms with Gasteiger partial charge in [0.15, 0.2) is 5.82 Å². The summed E-state index contributed by atoms with van der Waals surface area (Å²) in [7, 11) is 0. The molecule has 110 valence electrons. The summed E-state index contributed by atoms with van der Waals surface area (Å²) in [5.41, 5.74) is 0.729. The van der Waals surface area contributed by atoms with E-state index in [4.69, 9.17) is 0 Å². The topological polar surface area (TPSA) is 41.1 Å². The predicted octanol–water partition coefficient (Wildman–Crippen LogP) is 2.60. The number of aromatic nitrogens is 2. The second kappa shape index (κ2) is 7.73. The van der Waals surface area contributed by atoms with Gasteiger partial charge in [-0.2, -0.15) is 9.36 Å². The highest BCUT2D eigenvalue weighted by Gasteiger charge is 2.15. The Morgan fingerprint density at radius 2 is 1.95 bits per heavy atom. The zero-order valence-corrected chi connectivity index (χ0v) is 13.0. The highest BCUT2D eigenvalue weighted by molar-refractivity contribution is 7.09. The molecule has 0 amide bonds. The van der Waals surface area contributed by atoms with E-state index in [2.05, 4.69) is 19.6 Å². The number of nitrogens with zero attached hydrogens (tertiary/aromatic N) is 3. The van der Waals surface area contributed by atoms with Gasteiger partial charge in [-0.1, -0.05) is 12.1 Å². The van der Waals surface area contributed by atoms with Crippen LogP contribution in [-0.4, -0.2) is 35.5 Å². The van der Waals surface area contributed by atoms with E-state index >= 15 is 0 Å². The third-order valence-corrected chi connectivity index (χ3v) is 3.66. The highest BCUT2D eigenvalue weighted by atomic mass is 35.5. The van der Waals surface area contributed by atoms with Crippen LogP contribution >= 0.6 is 36.3 Å². The van der Waals surface area contributed by atoms with Crippen LogP contribution in [0.15, 0.2) is 24.3 Å². The minimum absolute atomic E-state index is 0. The van der Waals surface area contributed by atoms with Crippen LogP contribution in [0.2, 0.25) is 0 Å². The van der Waals surface area contributed by atoms with Crippen molar-refractivity contribution < 1.29 is 4.39 Å². The van der Waals surface area contributed by atoms with Gasteiger partial charge in [-0.15, -0.1) is 24.8 Å². The van der Waals surface area contributed by atoms with Gasteiger partial charge in [0.25, 0.3) is 0 Å². The minimum Gasteiger partial charge on any atom is -0.344 e. The normalized spacial score (nSPS) is 14.3. The van der Waals surface area contributed by atoms with Crippen LogP contribution in [0, 0.1) is 5.82 Å². The molecule has 0 radical (unpaired) electrons. The van der Waals surface area contributed by atoms with Crippen LogP contribution in [0.25, 0.3) is 11.4 Å². The van der Waals surface area contributed by atoms with Gasteiger partial charge in [-0.3, -0.25) is 0 Å². The first-order valence-corrected chi connectivity index (χ1v) is 6.65. The fourth-order valence-electron chi connectivity index (χ4n) is 1.94. The molecule has 1 N–H and O–H groups in total. The summed E-state index contributed by atoms with van der Waals surface area (Å²) >= 11 is 1.37. The van der Waals surface area contributed by atoms with Crippen molar-refractivity contribution in [3.05, 3.63) is 30.1 Å². The molecule has 0 atom stereocenters. The lowest BCUT2D eigenvalue weighted by molar-refractivity contribution is 0.588. The Morgan fingerprint density at radius 3 is 2.65 bits per heavy atom. The van der Waals surface area contributed by atoms with Crippen LogP contribution in [0.3, 0.4) is 0 Å². The lowest BCUT2D eigenvalue weighted by Crippen LogP contribution is -2.43. The molecular weight excluding hydrogens is 322 g/mol. The third kappa shape index (κ3) is 3.79. The van der Waals surface area contributed by atoms with E-state index in [-0.39, 0.29) is 30.6 Å². The quantitative estimate of drug-likeness (QED) is 0.915. The van der Waals surface area contributed by atoms with E-state index in [1.165, 1.54) is 23.7 Å². The number of anilines is 1. The smallest absolute Gasteiger partial charge is 0.205 e. The molecule has 2 aromatic rings. The van der Waals surface area contributed by atoms with Crippen molar-refractivity contribution in [3.63, 3.8) is 0 Å². The molecule has 1 fully saturated rings. The van der Waals surface area contributed by atoms with Gasteiger partial charge in [0.2, 0.25) is 5.13 Å². The Bertz CT molecular complexity index is 546. The van der Waals surface area contributed by atoms with Crippen molar-refractivity contribution in [2.75, 3.05) is 31.1 Å². The van der Waals surface area contributed by atoms with Gasteiger partial charge in [0.05, 0.1) is 0 Å². The van der Waals surface area contributed by atoms with E-state index in [9.17, 15) is 4.39 Å². The molecule has 0 spiro atoms. The number of rotatable bonds is 2. The Morgan fingerprint density at radius 1 is 1.20 bits per heavy atom. The molecular formula is C12H15Cl2FN4S. The van der Waals surface area contributed by atoms with E-state index in [1.807, 2.05) is 6.07 Å². The van der Waals surface area contributed by atoms with E-state index in [0.29, 0.717) is 5.82 Å². The largest absolute Gasteiger partial charge is 0.344 e. The van der Waals surface area contributed by atoms with E-state index < -0.39 is 0 Å². The molecule has 1 aliphatic rings. The number of hydrogen-bond acceptors (Lipinski definition) is 5. The standard InChI is InChI=1S/C12H13FN4S.2ClH/c13-10-3-1-2-9(8-10)11-15-12(18-16-11)17-6-4-14-5-7-17;;/h1-3,8,14H,4-7H2;2*1H. The summed E-state index contributed by atoms with van der Waals surface area (Å²) in [6.07, 6.45) is 0. The van der Waals surface area contributed by atoms with Crippen molar-refractivity contribution in [1.82, 2.24) is 14.7 Å². The fraction of sp³-hybridized carbons (Fsp3) is 0.333. The van der Waals surface area contributed by atoms with Crippen LogP contribution in [0.4, 0.5) is 9.52 Å². The van der Waals surface area contributed by atoms with Gasteiger partial charge < -0.3 is 10.2 Å². The van der Waals surface area contributed by atoms with Crippen LogP contribution < -0.4 is 10.2 Å². The Labute approximate surface area is 133 Å². The zero-order chi connectivity index (χ0) is 12.4. The molecule has 0 saturated carbocycles. The lowest BCUT2D eigenvalue weighted by atomic mass is 10.2. The summed E-state index contributed by atoms with van der Waals surface area (Å²) in [4.78, 5) is 6.69.